The van der Waals surface area contributed by atoms with E-state index in [-0.39, 0.29) is 24.3 Å². The third-order valence-corrected chi connectivity index (χ3v) is 3.38. The van der Waals surface area contributed by atoms with E-state index in [4.69, 9.17) is 0 Å². The molecule has 2 rings (SSSR count). The first-order valence-electron chi connectivity index (χ1n) is 7.53. The van der Waals surface area contributed by atoms with Crippen LogP contribution in [0.5, 0.6) is 0 Å². The number of urea groups is 1. The maximum Gasteiger partial charge on any atom is 0.321 e. The molecule has 3 amide bonds. The molecule has 0 radical (unpaired) electrons. The van der Waals surface area contributed by atoms with Crippen molar-refractivity contribution in [3.05, 3.63) is 35.6 Å². The molecule has 1 aromatic rings. The predicted molar refractivity (Wildman–Crippen MR) is 81.6 cm³/mol. The lowest BCUT2D eigenvalue weighted by Crippen LogP contribution is -2.46. The van der Waals surface area contributed by atoms with Gasteiger partial charge >= 0.3 is 6.03 Å². The summed E-state index contributed by atoms with van der Waals surface area (Å²) in [6.45, 7) is 4.39. The second-order valence-corrected chi connectivity index (χ2v) is 5.94. The second-order valence-electron chi connectivity index (χ2n) is 5.94. The van der Waals surface area contributed by atoms with Gasteiger partial charge in [0.2, 0.25) is 5.91 Å². The normalized spacial score (nSPS) is 14.2. The van der Waals surface area contributed by atoms with Crippen LogP contribution in [0.15, 0.2) is 24.3 Å². The van der Waals surface area contributed by atoms with Crippen LogP contribution in [0.3, 0.4) is 0 Å². The minimum absolute atomic E-state index is 0.0217. The lowest BCUT2D eigenvalue weighted by Gasteiger charge is -2.21. The topological polar surface area (TPSA) is 61.4 Å². The minimum Gasteiger partial charge on any atom is -0.336 e. The van der Waals surface area contributed by atoms with Gasteiger partial charge < -0.3 is 5.32 Å². The van der Waals surface area contributed by atoms with Gasteiger partial charge in [-0.1, -0.05) is 12.1 Å². The van der Waals surface area contributed by atoms with Crippen molar-refractivity contribution in [2.75, 3.05) is 6.54 Å². The first-order chi connectivity index (χ1) is 10.4. The van der Waals surface area contributed by atoms with Crippen LogP contribution in [-0.4, -0.2) is 35.5 Å². The molecule has 22 heavy (non-hydrogen) atoms. The zero-order valence-electron chi connectivity index (χ0n) is 12.9. The van der Waals surface area contributed by atoms with Crippen LogP contribution in [-0.2, 0) is 11.3 Å². The number of nitrogens with zero attached hydrogens (tertiary/aromatic N) is 1. The van der Waals surface area contributed by atoms with E-state index >= 15 is 0 Å². The highest BCUT2D eigenvalue weighted by atomic mass is 19.1. The average molecular weight is 307 g/mol. The number of benzene rings is 1. The van der Waals surface area contributed by atoms with Gasteiger partial charge in [0, 0.05) is 18.6 Å². The Kier molecular flexibility index (Phi) is 5.49. The number of nitrogens with one attached hydrogen (secondary N) is 2. The van der Waals surface area contributed by atoms with Crippen LogP contribution in [0.2, 0.25) is 0 Å². The molecule has 120 valence electrons. The molecule has 0 aromatic heterocycles. The largest absolute Gasteiger partial charge is 0.336 e. The summed E-state index contributed by atoms with van der Waals surface area (Å²) in [5.74, 6) is -0.600. The number of hydrogen-bond donors (Lipinski definition) is 2. The van der Waals surface area contributed by atoms with E-state index in [0.29, 0.717) is 12.6 Å². The number of halogens is 1. The summed E-state index contributed by atoms with van der Waals surface area (Å²) in [4.78, 5) is 25.5. The number of imide groups is 1. The van der Waals surface area contributed by atoms with Gasteiger partial charge in [-0.25, -0.2) is 9.18 Å². The van der Waals surface area contributed by atoms with Crippen molar-refractivity contribution in [3.8, 4) is 0 Å². The molecule has 1 aliphatic rings. The van der Waals surface area contributed by atoms with Crippen molar-refractivity contribution in [2.24, 2.45) is 0 Å². The van der Waals surface area contributed by atoms with Gasteiger partial charge in [-0.05, 0) is 44.4 Å². The molecule has 0 aliphatic heterocycles. The lowest BCUT2D eigenvalue weighted by molar-refractivity contribution is -0.121. The lowest BCUT2D eigenvalue weighted by atomic mass is 10.2. The molecular formula is C16H22FN3O2. The Hall–Kier alpha value is -1.95. The Morgan fingerprint density at radius 1 is 1.27 bits per heavy atom. The molecule has 1 saturated carbocycles. The van der Waals surface area contributed by atoms with E-state index < -0.39 is 6.03 Å². The molecule has 1 aliphatic carbocycles. The van der Waals surface area contributed by atoms with Gasteiger partial charge in [0.15, 0.2) is 0 Å². The molecule has 1 fully saturated rings. The van der Waals surface area contributed by atoms with Gasteiger partial charge in [-0.15, -0.1) is 0 Å². The molecule has 5 nitrogen and oxygen atoms in total. The first kappa shape index (κ1) is 16.4. The molecule has 0 spiro atoms. The Balaban J connectivity index is 1.87. The van der Waals surface area contributed by atoms with Gasteiger partial charge in [0.1, 0.15) is 5.82 Å². The summed E-state index contributed by atoms with van der Waals surface area (Å²) < 4.78 is 12.9. The number of rotatable bonds is 6. The molecule has 0 saturated heterocycles. The first-order valence-corrected chi connectivity index (χ1v) is 7.53. The maximum absolute atomic E-state index is 12.9. The van der Waals surface area contributed by atoms with Crippen molar-refractivity contribution in [1.29, 1.82) is 0 Å². The van der Waals surface area contributed by atoms with Gasteiger partial charge in [0.05, 0.1) is 6.54 Å². The fraction of sp³-hybridized carbons (Fsp3) is 0.500. The number of carbonyl (C=O) groups is 2. The Labute approximate surface area is 129 Å². The van der Waals surface area contributed by atoms with E-state index in [0.717, 1.165) is 18.4 Å². The highest BCUT2D eigenvalue weighted by Gasteiger charge is 2.30. The number of hydrogen-bond acceptors (Lipinski definition) is 3. The molecule has 6 heteroatoms. The fourth-order valence-electron chi connectivity index (χ4n) is 2.23. The van der Waals surface area contributed by atoms with Crippen LogP contribution >= 0.6 is 0 Å². The van der Waals surface area contributed by atoms with Crippen molar-refractivity contribution in [2.45, 2.75) is 45.3 Å². The summed E-state index contributed by atoms with van der Waals surface area (Å²) >= 11 is 0. The van der Waals surface area contributed by atoms with Crippen molar-refractivity contribution in [3.63, 3.8) is 0 Å². The molecule has 0 heterocycles. The van der Waals surface area contributed by atoms with Crippen LogP contribution in [0, 0.1) is 5.82 Å². The molecule has 0 atom stereocenters. The maximum atomic E-state index is 12.9. The molecular weight excluding hydrogens is 285 g/mol. The zero-order valence-corrected chi connectivity index (χ0v) is 12.9. The van der Waals surface area contributed by atoms with E-state index in [2.05, 4.69) is 10.6 Å². The summed E-state index contributed by atoms with van der Waals surface area (Å²) in [5.41, 5.74) is 0.952. The van der Waals surface area contributed by atoms with Crippen LogP contribution in [0.1, 0.15) is 32.3 Å². The van der Waals surface area contributed by atoms with Gasteiger partial charge in [-0.3, -0.25) is 15.0 Å². The molecule has 0 unspecified atom stereocenters. The minimum atomic E-state index is -0.475. The van der Waals surface area contributed by atoms with E-state index in [1.165, 1.54) is 12.1 Å². The molecule has 2 N–H and O–H groups in total. The van der Waals surface area contributed by atoms with E-state index in [1.807, 2.05) is 18.7 Å². The van der Waals surface area contributed by atoms with Crippen LogP contribution in [0.4, 0.5) is 9.18 Å². The van der Waals surface area contributed by atoms with Crippen molar-refractivity contribution in [1.82, 2.24) is 15.5 Å². The third-order valence-electron chi connectivity index (χ3n) is 3.38. The monoisotopic (exact) mass is 307 g/mol. The smallest absolute Gasteiger partial charge is 0.321 e. The average Bonchev–Trinajstić information content (AvgIpc) is 3.23. The van der Waals surface area contributed by atoms with Crippen molar-refractivity contribution < 1.29 is 14.0 Å². The fourth-order valence-corrected chi connectivity index (χ4v) is 2.23. The molecule has 1 aromatic carbocycles. The van der Waals surface area contributed by atoms with Gasteiger partial charge in [-0.2, -0.15) is 0 Å². The van der Waals surface area contributed by atoms with Crippen LogP contribution in [0.25, 0.3) is 0 Å². The summed E-state index contributed by atoms with van der Waals surface area (Å²) in [6, 6.07) is 6.13. The quantitative estimate of drug-likeness (QED) is 0.845. The number of amides is 3. The van der Waals surface area contributed by atoms with E-state index in [1.54, 1.807) is 12.1 Å². The Morgan fingerprint density at radius 2 is 1.91 bits per heavy atom. The van der Waals surface area contributed by atoms with Crippen molar-refractivity contribution >= 4 is 11.9 Å². The summed E-state index contributed by atoms with van der Waals surface area (Å²) in [7, 11) is 0. The van der Waals surface area contributed by atoms with E-state index in [9.17, 15) is 14.0 Å². The summed E-state index contributed by atoms with van der Waals surface area (Å²) in [6.07, 6.45) is 2.10. The summed E-state index contributed by atoms with van der Waals surface area (Å²) in [5, 5.41) is 4.95. The number of carbonyl (C=O) groups excluding carboxylic acids is 2. The Morgan fingerprint density at radius 3 is 2.45 bits per heavy atom. The molecule has 0 bridgehead atoms. The van der Waals surface area contributed by atoms with Crippen LogP contribution < -0.4 is 10.6 Å². The Bertz CT molecular complexity index is 527. The third kappa shape index (κ3) is 5.44. The highest BCUT2D eigenvalue weighted by molar-refractivity contribution is 5.95. The SMILES string of the molecule is CC(C)NC(=O)NC(=O)CN(Cc1ccc(F)cc1)C1CC1. The second kappa shape index (κ2) is 7.35. The highest BCUT2D eigenvalue weighted by Crippen LogP contribution is 2.28. The van der Waals surface area contributed by atoms with Gasteiger partial charge in [0.25, 0.3) is 0 Å². The predicted octanol–water partition coefficient (Wildman–Crippen LogP) is 2.02. The zero-order chi connectivity index (χ0) is 16.1. The standard InChI is InChI=1S/C16H22FN3O2/c1-11(2)18-16(22)19-15(21)10-20(14-7-8-14)9-12-3-5-13(17)6-4-12/h3-6,11,14H,7-10H2,1-2H3,(H2,18,19,21,22).